The van der Waals surface area contributed by atoms with Crippen molar-refractivity contribution in [1.82, 2.24) is 24.9 Å². The smallest absolute Gasteiger partial charge is 0.271 e. The van der Waals surface area contributed by atoms with Gasteiger partial charge in [0.15, 0.2) is 0 Å². The molecule has 1 aliphatic rings. The van der Waals surface area contributed by atoms with Gasteiger partial charge in [0.05, 0.1) is 12.2 Å². The van der Waals surface area contributed by atoms with E-state index in [0.29, 0.717) is 12.2 Å². The van der Waals surface area contributed by atoms with Crippen molar-refractivity contribution in [3.05, 3.63) is 35.9 Å². The molecule has 19 heavy (non-hydrogen) atoms. The second-order valence-electron chi connectivity index (χ2n) is 5.02. The van der Waals surface area contributed by atoms with E-state index < -0.39 is 0 Å². The molecule has 100 valence electrons. The van der Waals surface area contributed by atoms with Crippen LogP contribution in [0.4, 0.5) is 0 Å². The normalized spacial score (nSPS) is 19.6. The first-order valence-corrected chi connectivity index (χ1v) is 6.53. The number of hydrogen-bond donors (Lipinski definition) is 1. The van der Waals surface area contributed by atoms with Gasteiger partial charge in [-0.2, -0.15) is 10.2 Å². The van der Waals surface area contributed by atoms with Crippen molar-refractivity contribution in [3.8, 4) is 0 Å². The molecular weight excluding hydrogens is 242 g/mol. The third-order valence-electron chi connectivity index (χ3n) is 3.52. The molecule has 1 amide bonds. The molecule has 1 aliphatic heterocycles. The van der Waals surface area contributed by atoms with Crippen molar-refractivity contribution in [2.24, 2.45) is 0 Å². The SMILES string of the molecule is Cc1cnn([C@@H]2CCCN(C(=O)c3ccn[nH]3)C2)c1. The maximum absolute atomic E-state index is 12.3. The van der Waals surface area contributed by atoms with Crippen molar-refractivity contribution in [2.45, 2.75) is 25.8 Å². The highest BCUT2D eigenvalue weighted by atomic mass is 16.2. The molecule has 0 spiro atoms. The highest BCUT2D eigenvalue weighted by molar-refractivity contribution is 5.92. The third-order valence-corrected chi connectivity index (χ3v) is 3.52. The molecule has 0 radical (unpaired) electrons. The number of aromatic amines is 1. The molecule has 0 aromatic carbocycles. The fourth-order valence-electron chi connectivity index (χ4n) is 2.53. The predicted octanol–water partition coefficient (Wildman–Crippen LogP) is 1.39. The Bertz CT molecular complexity index is 559. The Hall–Kier alpha value is -2.11. The van der Waals surface area contributed by atoms with E-state index in [1.54, 1.807) is 12.3 Å². The second-order valence-corrected chi connectivity index (χ2v) is 5.02. The van der Waals surface area contributed by atoms with Crippen LogP contribution in [-0.2, 0) is 0 Å². The molecular formula is C13H17N5O. The van der Waals surface area contributed by atoms with Crippen LogP contribution in [0.1, 0.15) is 34.9 Å². The highest BCUT2D eigenvalue weighted by Crippen LogP contribution is 2.22. The number of nitrogens with one attached hydrogen (secondary N) is 1. The van der Waals surface area contributed by atoms with Crippen LogP contribution in [0.5, 0.6) is 0 Å². The zero-order valence-corrected chi connectivity index (χ0v) is 10.9. The van der Waals surface area contributed by atoms with E-state index in [4.69, 9.17) is 0 Å². The third kappa shape index (κ3) is 2.38. The summed E-state index contributed by atoms with van der Waals surface area (Å²) in [5, 5.41) is 10.9. The van der Waals surface area contributed by atoms with E-state index in [0.717, 1.165) is 24.9 Å². The molecule has 2 aromatic heterocycles. The summed E-state index contributed by atoms with van der Waals surface area (Å²) in [7, 11) is 0. The molecule has 1 saturated heterocycles. The Morgan fingerprint density at radius 1 is 1.53 bits per heavy atom. The van der Waals surface area contributed by atoms with Crippen LogP contribution in [0.25, 0.3) is 0 Å². The molecule has 3 rings (SSSR count). The molecule has 6 nitrogen and oxygen atoms in total. The molecule has 0 unspecified atom stereocenters. The second kappa shape index (κ2) is 4.87. The number of H-pyrrole nitrogens is 1. The van der Waals surface area contributed by atoms with E-state index in [9.17, 15) is 4.79 Å². The van der Waals surface area contributed by atoms with Crippen molar-refractivity contribution in [1.29, 1.82) is 0 Å². The van der Waals surface area contributed by atoms with Gasteiger partial charge in [-0.05, 0) is 31.4 Å². The van der Waals surface area contributed by atoms with E-state index >= 15 is 0 Å². The van der Waals surface area contributed by atoms with E-state index in [-0.39, 0.29) is 11.9 Å². The van der Waals surface area contributed by atoms with Crippen LogP contribution in [0.2, 0.25) is 0 Å². The minimum absolute atomic E-state index is 0.0195. The Morgan fingerprint density at radius 3 is 3.11 bits per heavy atom. The topological polar surface area (TPSA) is 66.8 Å². The van der Waals surface area contributed by atoms with Crippen LogP contribution >= 0.6 is 0 Å². The Kier molecular flexibility index (Phi) is 3.06. The summed E-state index contributed by atoms with van der Waals surface area (Å²) in [5.41, 5.74) is 1.70. The number of carbonyl (C=O) groups is 1. The van der Waals surface area contributed by atoms with Crippen molar-refractivity contribution in [3.63, 3.8) is 0 Å². The standard InChI is InChI=1S/C13H17N5O/c1-10-7-15-18(8-10)11-3-2-6-17(9-11)13(19)12-4-5-14-16-12/h4-5,7-8,11H,2-3,6,9H2,1H3,(H,14,16)/t11-/m1/s1. The molecule has 0 saturated carbocycles. The van der Waals surface area contributed by atoms with Gasteiger partial charge in [-0.15, -0.1) is 0 Å². The zero-order valence-electron chi connectivity index (χ0n) is 10.9. The summed E-state index contributed by atoms with van der Waals surface area (Å²) >= 11 is 0. The van der Waals surface area contributed by atoms with Crippen LogP contribution in [0.15, 0.2) is 24.7 Å². The Balaban J connectivity index is 1.73. The fraction of sp³-hybridized carbons (Fsp3) is 0.462. The van der Waals surface area contributed by atoms with Crippen molar-refractivity contribution >= 4 is 5.91 Å². The number of aryl methyl sites for hydroxylation is 1. The average molecular weight is 259 g/mol. The molecule has 0 bridgehead atoms. The number of carbonyl (C=O) groups excluding carboxylic acids is 1. The number of rotatable bonds is 2. The summed E-state index contributed by atoms with van der Waals surface area (Å²) in [6, 6.07) is 1.98. The van der Waals surface area contributed by atoms with Gasteiger partial charge in [0.1, 0.15) is 5.69 Å². The summed E-state index contributed by atoms with van der Waals surface area (Å²) in [5.74, 6) is 0.0195. The molecule has 1 fully saturated rings. The van der Waals surface area contributed by atoms with Gasteiger partial charge in [0, 0.05) is 25.5 Å². The number of hydrogen-bond acceptors (Lipinski definition) is 3. The highest BCUT2D eigenvalue weighted by Gasteiger charge is 2.26. The largest absolute Gasteiger partial charge is 0.335 e. The van der Waals surface area contributed by atoms with Crippen LogP contribution in [-0.4, -0.2) is 43.9 Å². The molecule has 1 N–H and O–H groups in total. The summed E-state index contributed by atoms with van der Waals surface area (Å²) in [6.45, 7) is 3.54. The summed E-state index contributed by atoms with van der Waals surface area (Å²) < 4.78 is 1.97. The van der Waals surface area contributed by atoms with Crippen LogP contribution in [0.3, 0.4) is 0 Å². The molecule has 2 aromatic rings. The molecule has 1 atom stereocenters. The first-order chi connectivity index (χ1) is 9.24. The fourth-order valence-corrected chi connectivity index (χ4v) is 2.53. The average Bonchev–Trinajstić information content (AvgIpc) is 3.09. The maximum Gasteiger partial charge on any atom is 0.271 e. The Morgan fingerprint density at radius 2 is 2.42 bits per heavy atom. The van der Waals surface area contributed by atoms with Gasteiger partial charge in [-0.1, -0.05) is 0 Å². The first kappa shape index (κ1) is 12.0. The summed E-state index contributed by atoms with van der Waals surface area (Å²) in [6.07, 6.45) is 7.56. The molecule has 3 heterocycles. The van der Waals surface area contributed by atoms with Gasteiger partial charge < -0.3 is 4.90 Å². The van der Waals surface area contributed by atoms with Crippen LogP contribution in [0, 0.1) is 6.92 Å². The maximum atomic E-state index is 12.3. The lowest BCUT2D eigenvalue weighted by atomic mass is 10.1. The van der Waals surface area contributed by atoms with Gasteiger partial charge in [0.2, 0.25) is 0 Å². The van der Waals surface area contributed by atoms with E-state index in [2.05, 4.69) is 15.3 Å². The van der Waals surface area contributed by atoms with E-state index in [1.165, 1.54) is 0 Å². The number of nitrogens with zero attached hydrogens (tertiary/aromatic N) is 4. The van der Waals surface area contributed by atoms with Gasteiger partial charge >= 0.3 is 0 Å². The van der Waals surface area contributed by atoms with Crippen LogP contribution < -0.4 is 0 Å². The monoisotopic (exact) mass is 259 g/mol. The number of amides is 1. The van der Waals surface area contributed by atoms with Crippen molar-refractivity contribution < 1.29 is 4.79 Å². The molecule has 0 aliphatic carbocycles. The van der Waals surface area contributed by atoms with Gasteiger partial charge in [-0.25, -0.2) is 0 Å². The van der Waals surface area contributed by atoms with Gasteiger partial charge in [-0.3, -0.25) is 14.6 Å². The summed E-state index contributed by atoms with van der Waals surface area (Å²) in [4.78, 5) is 14.1. The van der Waals surface area contributed by atoms with Gasteiger partial charge in [0.25, 0.3) is 5.91 Å². The first-order valence-electron chi connectivity index (χ1n) is 6.53. The quantitative estimate of drug-likeness (QED) is 0.886. The number of likely N-dealkylation sites (tertiary alicyclic amines) is 1. The Labute approximate surface area is 111 Å². The number of aromatic nitrogens is 4. The molecule has 6 heteroatoms. The van der Waals surface area contributed by atoms with Crippen molar-refractivity contribution in [2.75, 3.05) is 13.1 Å². The minimum atomic E-state index is 0.0195. The predicted molar refractivity (Wildman–Crippen MR) is 69.7 cm³/mol. The lowest BCUT2D eigenvalue weighted by Crippen LogP contribution is -2.41. The zero-order chi connectivity index (χ0) is 13.2. The lowest BCUT2D eigenvalue weighted by Gasteiger charge is -2.32. The lowest BCUT2D eigenvalue weighted by molar-refractivity contribution is 0.0667. The van der Waals surface area contributed by atoms with E-state index in [1.807, 2.05) is 28.9 Å². The minimum Gasteiger partial charge on any atom is -0.335 e. The number of piperidine rings is 1.